The van der Waals surface area contributed by atoms with E-state index in [2.05, 4.69) is 20.6 Å². The highest BCUT2D eigenvalue weighted by atomic mass is 32.1. The topological polar surface area (TPSA) is 92.5 Å². The van der Waals surface area contributed by atoms with Crippen molar-refractivity contribution in [2.45, 2.75) is 19.3 Å². The summed E-state index contributed by atoms with van der Waals surface area (Å²) in [5, 5.41) is 17.7. The lowest BCUT2D eigenvalue weighted by molar-refractivity contribution is -0.384. The first-order chi connectivity index (χ1) is 11.8. The molecule has 0 amide bonds. The van der Waals surface area contributed by atoms with Crippen molar-refractivity contribution in [3.8, 4) is 0 Å². The average Bonchev–Trinajstić information content (AvgIpc) is 3.04. The van der Waals surface area contributed by atoms with Crippen molar-refractivity contribution in [2.75, 3.05) is 7.05 Å². The van der Waals surface area contributed by atoms with Crippen molar-refractivity contribution < 1.29 is 18.1 Å². The normalized spacial score (nSPS) is 12.1. The second-order valence-electron chi connectivity index (χ2n) is 4.83. The summed E-state index contributed by atoms with van der Waals surface area (Å²) in [5.74, 6) is 0.377. The van der Waals surface area contributed by atoms with Gasteiger partial charge in [0, 0.05) is 31.1 Å². The minimum Gasteiger partial charge on any atom is -0.352 e. The number of nitro benzene ring substituents is 1. The van der Waals surface area contributed by atoms with Crippen LogP contribution in [0.25, 0.3) is 0 Å². The van der Waals surface area contributed by atoms with Gasteiger partial charge in [0.2, 0.25) is 0 Å². The predicted octanol–water partition coefficient (Wildman–Crippen LogP) is 2.94. The Labute approximate surface area is 144 Å². The fourth-order valence-corrected chi connectivity index (χ4v) is 2.56. The van der Waals surface area contributed by atoms with Gasteiger partial charge in [0.25, 0.3) is 5.69 Å². The van der Waals surface area contributed by atoms with E-state index in [1.807, 2.05) is 0 Å². The highest BCUT2D eigenvalue weighted by Crippen LogP contribution is 2.29. The lowest BCUT2D eigenvalue weighted by atomic mass is 10.2. The molecule has 11 heteroatoms. The number of hydrogen-bond donors (Lipinski definition) is 2. The molecule has 1 aromatic heterocycles. The van der Waals surface area contributed by atoms with Crippen molar-refractivity contribution in [3.05, 3.63) is 56.0 Å². The molecule has 0 spiro atoms. The maximum absolute atomic E-state index is 12.5. The van der Waals surface area contributed by atoms with Gasteiger partial charge < -0.3 is 10.6 Å². The molecule has 25 heavy (non-hydrogen) atoms. The Bertz CT molecular complexity index is 759. The molecule has 0 aliphatic rings. The first-order valence-corrected chi connectivity index (χ1v) is 7.87. The maximum Gasteiger partial charge on any atom is 0.434 e. The molecule has 0 bridgehead atoms. The molecular weight excluding hydrogens is 359 g/mol. The number of nitrogens with zero attached hydrogens (tertiary/aromatic N) is 3. The summed E-state index contributed by atoms with van der Waals surface area (Å²) in [4.78, 5) is 17.6. The first kappa shape index (κ1) is 18.6. The van der Waals surface area contributed by atoms with Gasteiger partial charge in [-0.2, -0.15) is 13.2 Å². The van der Waals surface area contributed by atoms with E-state index in [0.717, 1.165) is 22.3 Å². The number of non-ortho nitro benzene ring substituents is 1. The monoisotopic (exact) mass is 373 g/mol. The van der Waals surface area contributed by atoms with E-state index in [0.29, 0.717) is 12.5 Å². The van der Waals surface area contributed by atoms with Crippen LogP contribution >= 0.6 is 11.3 Å². The summed E-state index contributed by atoms with van der Waals surface area (Å²) >= 11 is 0.907. The maximum atomic E-state index is 12.5. The molecule has 2 rings (SSSR count). The van der Waals surface area contributed by atoms with Crippen LogP contribution in [0, 0.1) is 10.1 Å². The second-order valence-corrected chi connectivity index (χ2v) is 5.77. The minimum atomic E-state index is -4.45. The number of halogens is 3. The third kappa shape index (κ3) is 5.41. The zero-order chi connectivity index (χ0) is 18.4. The van der Waals surface area contributed by atoms with Gasteiger partial charge in [-0.05, 0) is 5.56 Å². The molecule has 7 nitrogen and oxygen atoms in total. The lowest BCUT2D eigenvalue weighted by Crippen LogP contribution is -2.36. The molecular formula is C14H14F3N5O2S. The molecule has 0 aliphatic carbocycles. The Hall–Kier alpha value is -2.69. The summed E-state index contributed by atoms with van der Waals surface area (Å²) < 4.78 is 37.5. The molecule has 0 radical (unpaired) electrons. The number of hydrogen-bond acceptors (Lipinski definition) is 5. The summed E-state index contributed by atoms with van der Waals surface area (Å²) in [6, 6.07) is 5.99. The van der Waals surface area contributed by atoms with Gasteiger partial charge in [-0.3, -0.25) is 15.1 Å². The largest absolute Gasteiger partial charge is 0.434 e. The summed E-state index contributed by atoms with van der Waals surface area (Å²) in [6.45, 7) is 0.448. The van der Waals surface area contributed by atoms with Crippen LogP contribution in [-0.4, -0.2) is 22.9 Å². The third-order valence-corrected chi connectivity index (χ3v) is 3.93. The third-order valence-electron chi connectivity index (χ3n) is 3.08. The zero-order valence-corrected chi connectivity index (χ0v) is 13.8. The second kappa shape index (κ2) is 7.92. The lowest BCUT2D eigenvalue weighted by Gasteiger charge is -2.11. The molecule has 134 valence electrons. The van der Waals surface area contributed by atoms with Crippen LogP contribution in [0.3, 0.4) is 0 Å². The Morgan fingerprint density at radius 1 is 1.28 bits per heavy atom. The number of alkyl halides is 3. The molecule has 2 N–H and O–H groups in total. The molecule has 0 atom stereocenters. The Morgan fingerprint density at radius 2 is 1.92 bits per heavy atom. The van der Waals surface area contributed by atoms with E-state index in [1.165, 1.54) is 19.2 Å². The van der Waals surface area contributed by atoms with E-state index in [-0.39, 0.29) is 17.2 Å². The van der Waals surface area contributed by atoms with Crippen molar-refractivity contribution in [1.82, 2.24) is 15.6 Å². The molecule has 1 aromatic carbocycles. The number of nitrogens with one attached hydrogen (secondary N) is 2. The number of rotatable bonds is 5. The number of nitro groups is 1. The van der Waals surface area contributed by atoms with Crippen molar-refractivity contribution in [1.29, 1.82) is 0 Å². The average molecular weight is 373 g/mol. The number of aliphatic imine (C=N–C) groups is 1. The van der Waals surface area contributed by atoms with E-state index in [1.54, 1.807) is 12.1 Å². The van der Waals surface area contributed by atoms with Gasteiger partial charge in [0.1, 0.15) is 5.01 Å². The van der Waals surface area contributed by atoms with Crippen molar-refractivity contribution in [3.63, 3.8) is 0 Å². The SMILES string of the molecule is CN=C(NCc1ccc([N+](=O)[O-])cc1)NCc1nc(C(F)(F)F)cs1. The highest BCUT2D eigenvalue weighted by Gasteiger charge is 2.33. The van der Waals surface area contributed by atoms with Crippen LogP contribution in [0.15, 0.2) is 34.6 Å². The minimum absolute atomic E-state index is 0.00417. The Morgan fingerprint density at radius 3 is 2.44 bits per heavy atom. The molecule has 1 heterocycles. The number of benzene rings is 1. The van der Waals surface area contributed by atoms with Gasteiger partial charge in [0.05, 0.1) is 11.5 Å². The van der Waals surface area contributed by atoms with E-state index in [9.17, 15) is 23.3 Å². The fraction of sp³-hybridized carbons (Fsp3) is 0.286. The molecule has 2 aromatic rings. The van der Waals surface area contributed by atoms with Gasteiger partial charge >= 0.3 is 6.18 Å². The molecule has 0 aliphatic heterocycles. The van der Waals surface area contributed by atoms with Crippen LogP contribution in [0.5, 0.6) is 0 Å². The van der Waals surface area contributed by atoms with Gasteiger partial charge in [-0.25, -0.2) is 4.98 Å². The molecule has 0 saturated heterocycles. The summed E-state index contributed by atoms with van der Waals surface area (Å²) in [7, 11) is 1.52. The van der Waals surface area contributed by atoms with Crippen molar-refractivity contribution in [2.24, 2.45) is 4.99 Å². The molecule has 0 unspecified atom stereocenters. The number of guanidine groups is 1. The van der Waals surface area contributed by atoms with E-state index < -0.39 is 16.8 Å². The van der Waals surface area contributed by atoms with Gasteiger partial charge in [0.15, 0.2) is 11.7 Å². The Balaban J connectivity index is 1.86. The van der Waals surface area contributed by atoms with Crippen LogP contribution in [0.2, 0.25) is 0 Å². The molecule has 0 fully saturated rings. The standard InChI is InChI=1S/C14H14F3N5O2S/c1-18-13(19-6-9-2-4-10(5-3-9)22(23)24)20-7-12-21-11(8-25-12)14(15,16)17/h2-5,8H,6-7H2,1H3,(H2,18,19,20). The highest BCUT2D eigenvalue weighted by molar-refractivity contribution is 7.09. The van der Waals surface area contributed by atoms with Gasteiger partial charge in [-0.1, -0.05) is 12.1 Å². The molecule has 0 saturated carbocycles. The smallest absolute Gasteiger partial charge is 0.352 e. The summed E-state index contributed by atoms with van der Waals surface area (Å²) in [6.07, 6.45) is -4.45. The predicted molar refractivity (Wildman–Crippen MR) is 87.3 cm³/mol. The van der Waals surface area contributed by atoms with Gasteiger partial charge in [-0.15, -0.1) is 11.3 Å². The van der Waals surface area contributed by atoms with Crippen molar-refractivity contribution >= 4 is 23.0 Å². The quantitative estimate of drug-likeness (QED) is 0.364. The van der Waals surface area contributed by atoms with Crippen LogP contribution < -0.4 is 10.6 Å². The van der Waals surface area contributed by atoms with Crippen LogP contribution in [0.1, 0.15) is 16.3 Å². The van der Waals surface area contributed by atoms with Crippen LogP contribution in [0.4, 0.5) is 18.9 Å². The van der Waals surface area contributed by atoms with E-state index in [4.69, 9.17) is 0 Å². The zero-order valence-electron chi connectivity index (χ0n) is 13.0. The van der Waals surface area contributed by atoms with E-state index >= 15 is 0 Å². The number of aromatic nitrogens is 1. The number of thiazole rings is 1. The Kier molecular flexibility index (Phi) is 5.91. The van der Waals surface area contributed by atoms with Crippen LogP contribution in [-0.2, 0) is 19.3 Å². The summed E-state index contributed by atoms with van der Waals surface area (Å²) in [5.41, 5.74) is -0.124. The first-order valence-electron chi connectivity index (χ1n) is 6.99. The fourth-order valence-electron chi connectivity index (χ4n) is 1.82.